The summed E-state index contributed by atoms with van der Waals surface area (Å²) in [5.41, 5.74) is 0. The molecule has 0 fully saturated rings. The number of hydrogen-bond donors (Lipinski definition) is 6. The van der Waals surface area contributed by atoms with Crippen LogP contribution in [-0.2, 0) is 43.1 Å². The molecule has 0 heterocycles. The number of rotatable bonds is 0. The van der Waals surface area contributed by atoms with Crippen molar-refractivity contribution in [3.63, 3.8) is 0 Å². The van der Waals surface area contributed by atoms with Gasteiger partial charge in [-0.3, -0.25) is 0 Å². The monoisotopic (exact) mass is 380 g/mol. The fraction of sp³-hybridized carbons (Fsp3) is 1.00. The minimum atomic E-state index is -3.81. The third-order valence-electron chi connectivity index (χ3n) is 0. The maximum absolute atomic E-state index is 7.56. The molecule has 0 aromatic carbocycles. The molecule has 0 aromatic rings. The Labute approximate surface area is 126 Å². The first kappa shape index (κ1) is 31.2. The SMILES string of the molecule is CCC.CCC.OP(O)(O)=S.OP(O)(O)=S.[Zn]. The van der Waals surface area contributed by atoms with Crippen LogP contribution in [0.25, 0.3) is 0 Å². The third kappa shape index (κ3) is 1530. The maximum atomic E-state index is 7.56. The Balaban J connectivity index is -0.0000000381. The van der Waals surface area contributed by atoms with Gasteiger partial charge in [-0.25, -0.2) is 0 Å². The van der Waals surface area contributed by atoms with Crippen LogP contribution in [0.2, 0.25) is 0 Å². The van der Waals surface area contributed by atoms with Crippen LogP contribution in [0.1, 0.15) is 40.5 Å². The molecule has 0 unspecified atom stereocenters. The minimum absolute atomic E-state index is 0. The second-order valence-electron chi connectivity index (χ2n) is 2.44. The first-order valence-electron chi connectivity index (χ1n) is 4.39. The van der Waals surface area contributed by atoms with E-state index < -0.39 is 13.4 Å². The van der Waals surface area contributed by atoms with Gasteiger partial charge >= 0.3 is 13.4 Å². The topological polar surface area (TPSA) is 121 Å². The van der Waals surface area contributed by atoms with Gasteiger partial charge in [0.15, 0.2) is 0 Å². The van der Waals surface area contributed by atoms with Crippen molar-refractivity contribution in [3.8, 4) is 0 Å². The van der Waals surface area contributed by atoms with Crippen molar-refractivity contribution in [3.05, 3.63) is 0 Å². The summed E-state index contributed by atoms with van der Waals surface area (Å²) in [6, 6.07) is 0. The molecule has 0 atom stereocenters. The fourth-order valence-electron chi connectivity index (χ4n) is 0. The molecule has 0 saturated carbocycles. The van der Waals surface area contributed by atoms with Crippen LogP contribution in [-0.4, -0.2) is 29.4 Å². The molecule has 106 valence electrons. The molecule has 0 spiro atoms. The molecule has 0 aliphatic carbocycles. The Bertz CT molecular complexity index is 168. The van der Waals surface area contributed by atoms with Crippen molar-refractivity contribution < 1.29 is 48.8 Å². The van der Waals surface area contributed by atoms with Gasteiger partial charge in [-0.2, -0.15) is 0 Å². The summed E-state index contributed by atoms with van der Waals surface area (Å²) in [6.07, 6.45) is 2.50. The Hall–Kier alpha value is 1.68. The minimum Gasteiger partial charge on any atom is -0.325 e. The van der Waals surface area contributed by atoms with Crippen LogP contribution < -0.4 is 0 Å². The van der Waals surface area contributed by atoms with Gasteiger partial charge in [-0.05, 0) is 23.6 Å². The molecule has 17 heavy (non-hydrogen) atoms. The molecule has 0 aliphatic rings. The van der Waals surface area contributed by atoms with Crippen LogP contribution in [0.4, 0.5) is 0 Å². The van der Waals surface area contributed by atoms with E-state index in [1.54, 1.807) is 0 Å². The van der Waals surface area contributed by atoms with E-state index in [4.69, 9.17) is 29.4 Å². The largest absolute Gasteiger partial charge is 0.325 e. The van der Waals surface area contributed by atoms with Crippen molar-refractivity contribution in [2.45, 2.75) is 40.5 Å². The van der Waals surface area contributed by atoms with Crippen LogP contribution >= 0.6 is 13.4 Å². The Kier molecular flexibility index (Phi) is 36.7. The number of hydrogen-bond acceptors (Lipinski definition) is 2. The average Bonchev–Trinajstić information content (AvgIpc) is 1.79. The van der Waals surface area contributed by atoms with Crippen LogP contribution in [0.15, 0.2) is 0 Å². The van der Waals surface area contributed by atoms with Crippen LogP contribution in [0.5, 0.6) is 0 Å². The maximum Gasteiger partial charge on any atom is 0.319 e. The van der Waals surface area contributed by atoms with Crippen molar-refractivity contribution >= 4 is 37.1 Å². The van der Waals surface area contributed by atoms with Gasteiger partial charge in [-0.15, -0.1) is 0 Å². The smallest absolute Gasteiger partial charge is 0.319 e. The van der Waals surface area contributed by atoms with E-state index in [0.717, 1.165) is 0 Å². The standard InChI is InChI=1S/2C3H8.2H3O3PS.Zn/c2*1-3-2;2*1-4(2,3)5;/h2*3H2,1-2H3;2*(H3,1,2,3,5);. The summed E-state index contributed by atoms with van der Waals surface area (Å²) in [5, 5.41) is 0. The summed E-state index contributed by atoms with van der Waals surface area (Å²) < 4.78 is 0. The van der Waals surface area contributed by atoms with Gasteiger partial charge in [-0.1, -0.05) is 40.5 Å². The molecule has 0 amide bonds. The zero-order valence-corrected chi connectivity index (χ0v) is 16.9. The molecule has 0 rings (SSSR count). The Morgan fingerprint density at radius 1 is 0.647 bits per heavy atom. The molecule has 11 heteroatoms. The van der Waals surface area contributed by atoms with Crippen molar-refractivity contribution in [2.75, 3.05) is 0 Å². The van der Waals surface area contributed by atoms with E-state index in [0.29, 0.717) is 0 Å². The average molecular weight is 382 g/mol. The van der Waals surface area contributed by atoms with E-state index in [1.807, 2.05) is 0 Å². The Morgan fingerprint density at radius 3 is 0.647 bits per heavy atom. The van der Waals surface area contributed by atoms with E-state index in [1.165, 1.54) is 12.8 Å². The molecule has 0 bridgehead atoms. The Morgan fingerprint density at radius 2 is 0.647 bits per heavy atom. The third-order valence-corrected chi connectivity index (χ3v) is 0. The molecule has 6 N–H and O–H groups in total. The van der Waals surface area contributed by atoms with Gasteiger partial charge in [0.05, 0.1) is 0 Å². The van der Waals surface area contributed by atoms with Gasteiger partial charge in [0.25, 0.3) is 0 Å². The zero-order chi connectivity index (χ0) is 14.4. The van der Waals surface area contributed by atoms with E-state index in [9.17, 15) is 0 Å². The summed E-state index contributed by atoms with van der Waals surface area (Å²) >= 11 is 7.21. The van der Waals surface area contributed by atoms with E-state index in [2.05, 4.69) is 51.3 Å². The molecule has 0 aliphatic heterocycles. The molecule has 6 nitrogen and oxygen atoms in total. The second-order valence-corrected chi connectivity index (χ2v) is 7.43. The molecular formula is C6H22O6P2S2Zn. The quantitative estimate of drug-likeness (QED) is 0.273. The zero-order valence-electron chi connectivity index (χ0n) is 10.5. The van der Waals surface area contributed by atoms with Gasteiger partial charge < -0.3 is 29.4 Å². The summed E-state index contributed by atoms with van der Waals surface area (Å²) in [7, 11) is 0. The van der Waals surface area contributed by atoms with Crippen LogP contribution in [0, 0.1) is 0 Å². The van der Waals surface area contributed by atoms with E-state index >= 15 is 0 Å². The van der Waals surface area contributed by atoms with Gasteiger partial charge in [0.2, 0.25) is 0 Å². The second kappa shape index (κ2) is 20.0. The van der Waals surface area contributed by atoms with Crippen molar-refractivity contribution in [1.82, 2.24) is 0 Å². The first-order valence-corrected chi connectivity index (χ1v) is 9.71. The van der Waals surface area contributed by atoms with Crippen LogP contribution in [0.3, 0.4) is 0 Å². The summed E-state index contributed by atoms with van der Waals surface area (Å²) in [4.78, 5) is 45.3. The summed E-state index contributed by atoms with van der Waals surface area (Å²) in [5.74, 6) is 0. The molecule has 0 saturated heterocycles. The predicted molar refractivity (Wildman–Crippen MR) is 73.8 cm³/mol. The van der Waals surface area contributed by atoms with Gasteiger partial charge in [0, 0.05) is 19.5 Å². The molecule has 0 radical (unpaired) electrons. The van der Waals surface area contributed by atoms with Crippen molar-refractivity contribution in [1.29, 1.82) is 0 Å². The van der Waals surface area contributed by atoms with Gasteiger partial charge in [0.1, 0.15) is 0 Å². The first-order chi connectivity index (χ1) is 6.83. The predicted octanol–water partition coefficient (Wildman–Crippen LogP) is 1.21. The summed E-state index contributed by atoms with van der Waals surface area (Å²) in [6.45, 7) is 0.889. The van der Waals surface area contributed by atoms with Crippen molar-refractivity contribution in [2.24, 2.45) is 0 Å². The molecular weight excluding hydrogens is 360 g/mol. The van der Waals surface area contributed by atoms with E-state index in [-0.39, 0.29) is 19.5 Å². The normalized spacial score (nSPS) is 9.06. The fourth-order valence-corrected chi connectivity index (χ4v) is 0. The molecule has 0 aromatic heterocycles.